The number of aliphatic hydroxyl groups is 1. The number of aliphatic hydroxyl groups excluding tert-OH is 1. The van der Waals surface area contributed by atoms with E-state index >= 15 is 0 Å². The van der Waals surface area contributed by atoms with E-state index in [9.17, 15) is 19.8 Å². The van der Waals surface area contributed by atoms with Gasteiger partial charge in [-0.3, -0.25) is 9.59 Å². The number of aromatic hydroxyl groups is 1. The minimum absolute atomic E-state index is 0.0817. The fourth-order valence-electron chi connectivity index (χ4n) is 1.49. The molecule has 0 spiro atoms. The maximum atomic E-state index is 11.6. The molecular formula is C10H9NO5. The molecule has 2 heterocycles. The van der Waals surface area contributed by atoms with Crippen molar-refractivity contribution >= 4 is 12.0 Å². The first-order valence-electron chi connectivity index (χ1n) is 4.58. The van der Waals surface area contributed by atoms with Crippen LogP contribution in [-0.2, 0) is 0 Å². The number of nitrogens with one attached hydrogen (secondary N) is 1. The van der Waals surface area contributed by atoms with Gasteiger partial charge in [-0.25, -0.2) is 0 Å². The minimum Gasteiger partial charge on any atom is -0.502 e. The van der Waals surface area contributed by atoms with E-state index in [1.807, 2.05) is 0 Å². The second kappa shape index (κ2) is 3.49. The topological polar surface area (TPSA) is 99.8 Å². The summed E-state index contributed by atoms with van der Waals surface area (Å²) < 4.78 is 5.08. The molecule has 1 amide bonds. The number of rotatable bonds is 1. The van der Waals surface area contributed by atoms with Crippen LogP contribution >= 0.6 is 0 Å². The first kappa shape index (κ1) is 10.4. The van der Waals surface area contributed by atoms with Gasteiger partial charge in [-0.1, -0.05) is 6.08 Å². The molecule has 6 nitrogen and oxygen atoms in total. The van der Waals surface area contributed by atoms with Gasteiger partial charge in [0.25, 0.3) is 5.91 Å². The number of hydrogen-bond acceptors (Lipinski definition) is 5. The molecule has 84 valence electrons. The fourth-order valence-corrected chi connectivity index (χ4v) is 1.49. The van der Waals surface area contributed by atoms with Gasteiger partial charge in [-0.15, -0.1) is 0 Å². The molecule has 0 fully saturated rings. The summed E-state index contributed by atoms with van der Waals surface area (Å²) in [5.74, 6) is -1.64. The normalized spacial score (nSPS) is 18.9. The molecule has 0 unspecified atom stereocenters. The molecule has 16 heavy (non-hydrogen) atoms. The highest BCUT2D eigenvalue weighted by Gasteiger charge is 2.34. The molecule has 1 aromatic heterocycles. The first-order chi connectivity index (χ1) is 7.56. The highest BCUT2D eigenvalue weighted by Crippen LogP contribution is 2.26. The Morgan fingerprint density at radius 1 is 1.44 bits per heavy atom. The molecule has 1 aliphatic rings. The van der Waals surface area contributed by atoms with Crippen LogP contribution in [0, 0.1) is 0 Å². The summed E-state index contributed by atoms with van der Waals surface area (Å²) in [6.45, 7) is 1.67. The highest BCUT2D eigenvalue weighted by atomic mass is 16.4. The Balaban J connectivity index is 2.76. The lowest BCUT2D eigenvalue weighted by Gasteiger charge is -2.03. The quantitative estimate of drug-likeness (QED) is 0.627. The van der Waals surface area contributed by atoms with E-state index < -0.39 is 23.3 Å². The minimum atomic E-state index is -1.35. The monoisotopic (exact) mass is 223 g/mol. The van der Waals surface area contributed by atoms with Gasteiger partial charge in [0, 0.05) is 0 Å². The van der Waals surface area contributed by atoms with E-state index in [-0.39, 0.29) is 17.1 Å². The smallest absolute Gasteiger partial charge is 0.261 e. The second-order valence-electron chi connectivity index (χ2n) is 3.26. The Morgan fingerprint density at radius 3 is 2.75 bits per heavy atom. The lowest BCUT2D eigenvalue weighted by molar-refractivity contribution is 0.0820. The highest BCUT2D eigenvalue weighted by molar-refractivity contribution is 5.98. The average Bonchev–Trinajstić information content (AvgIpc) is 2.50. The van der Waals surface area contributed by atoms with Gasteiger partial charge in [-0.05, 0) is 13.0 Å². The molecule has 2 rings (SSSR count). The molecule has 0 aromatic carbocycles. The molecule has 1 aromatic rings. The Labute approximate surface area is 89.8 Å². The molecule has 0 aliphatic carbocycles. The van der Waals surface area contributed by atoms with Crippen LogP contribution in [0.4, 0.5) is 0 Å². The maximum absolute atomic E-state index is 11.6. The number of fused-ring (bicyclic) bond motifs is 1. The number of amides is 1. The summed E-state index contributed by atoms with van der Waals surface area (Å²) in [5.41, 5.74) is -1.19. The molecule has 3 N–H and O–H groups in total. The van der Waals surface area contributed by atoms with E-state index in [0.717, 1.165) is 0 Å². The molecule has 1 atom stereocenters. The zero-order valence-corrected chi connectivity index (χ0v) is 8.35. The van der Waals surface area contributed by atoms with Crippen molar-refractivity contribution in [3.63, 3.8) is 0 Å². The van der Waals surface area contributed by atoms with Crippen molar-refractivity contribution in [1.29, 1.82) is 0 Å². The summed E-state index contributed by atoms with van der Waals surface area (Å²) in [6.07, 6.45) is 1.58. The van der Waals surface area contributed by atoms with Gasteiger partial charge < -0.3 is 19.9 Å². The molecule has 0 bridgehead atoms. The molecule has 0 radical (unpaired) electrons. The average molecular weight is 223 g/mol. The predicted octanol–water partition coefficient (Wildman–Crippen LogP) is 0.113. The number of allylic oxidation sites excluding steroid dienone is 1. The lowest BCUT2D eigenvalue weighted by atomic mass is 10.2. The van der Waals surface area contributed by atoms with Crippen molar-refractivity contribution in [1.82, 2.24) is 5.32 Å². The van der Waals surface area contributed by atoms with Crippen molar-refractivity contribution < 1.29 is 19.4 Å². The number of carbonyl (C=O) groups excluding carboxylic acids is 1. The van der Waals surface area contributed by atoms with Crippen LogP contribution in [0.25, 0.3) is 6.08 Å². The van der Waals surface area contributed by atoms with Crippen LogP contribution in [0.2, 0.25) is 0 Å². The van der Waals surface area contributed by atoms with Crippen molar-refractivity contribution in [3.05, 3.63) is 33.4 Å². The van der Waals surface area contributed by atoms with E-state index in [2.05, 4.69) is 5.32 Å². The van der Waals surface area contributed by atoms with Crippen molar-refractivity contribution in [3.8, 4) is 5.75 Å². The number of carbonyl (C=O) groups is 1. The standard InChI is InChI=1S/C10H9NO5/c1-2-3-4-6(12)7(13)5-8(16-4)10(15)11-9(5)14/h2-3,10,12,15H,1H3,(H,11,14)/b3-2+/t10-/m1/s1. The van der Waals surface area contributed by atoms with Gasteiger partial charge in [-0.2, -0.15) is 0 Å². The van der Waals surface area contributed by atoms with Gasteiger partial charge in [0.15, 0.2) is 17.7 Å². The predicted molar refractivity (Wildman–Crippen MR) is 53.8 cm³/mol. The summed E-state index contributed by atoms with van der Waals surface area (Å²) in [5, 5.41) is 21.0. The van der Waals surface area contributed by atoms with Crippen LogP contribution < -0.4 is 10.7 Å². The van der Waals surface area contributed by atoms with E-state index in [1.165, 1.54) is 6.08 Å². The molecule has 0 saturated carbocycles. The number of hydrogen-bond donors (Lipinski definition) is 3. The maximum Gasteiger partial charge on any atom is 0.261 e. The SMILES string of the molecule is C/C=C/c1oc2c(c(=O)c1O)C(=O)N[C@@H]2O. The van der Waals surface area contributed by atoms with Crippen molar-refractivity contribution in [2.45, 2.75) is 13.2 Å². The summed E-state index contributed by atoms with van der Waals surface area (Å²) in [4.78, 5) is 22.9. The lowest BCUT2D eigenvalue weighted by Crippen LogP contribution is -2.21. The Morgan fingerprint density at radius 2 is 2.12 bits per heavy atom. The summed E-state index contributed by atoms with van der Waals surface area (Å²) >= 11 is 0. The van der Waals surface area contributed by atoms with E-state index in [0.29, 0.717) is 0 Å². The summed E-state index contributed by atoms with van der Waals surface area (Å²) in [6, 6.07) is 0. The van der Waals surface area contributed by atoms with Gasteiger partial charge >= 0.3 is 0 Å². The van der Waals surface area contributed by atoms with Crippen LogP contribution in [-0.4, -0.2) is 16.1 Å². The van der Waals surface area contributed by atoms with Crippen molar-refractivity contribution in [2.24, 2.45) is 0 Å². The fraction of sp³-hybridized carbons (Fsp3) is 0.200. The third-order valence-electron chi connectivity index (χ3n) is 2.20. The zero-order chi connectivity index (χ0) is 11.9. The third-order valence-corrected chi connectivity index (χ3v) is 2.20. The molecule has 1 aliphatic heterocycles. The Hall–Kier alpha value is -2.08. The van der Waals surface area contributed by atoms with Crippen molar-refractivity contribution in [2.75, 3.05) is 0 Å². The molecular weight excluding hydrogens is 214 g/mol. The Bertz CT molecular complexity index is 543. The van der Waals surface area contributed by atoms with Crippen LogP contribution in [0.1, 0.15) is 35.0 Å². The molecule has 6 heteroatoms. The summed E-state index contributed by atoms with van der Waals surface area (Å²) in [7, 11) is 0. The Kier molecular flexibility index (Phi) is 2.28. The zero-order valence-electron chi connectivity index (χ0n) is 8.35. The second-order valence-corrected chi connectivity index (χ2v) is 3.26. The first-order valence-corrected chi connectivity index (χ1v) is 4.58. The van der Waals surface area contributed by atoms with Gasteiger partial charge in [0.05, 0.1) is 0 Å². The molecule has 0 saturated heterocycles. The van der Waals surface area contributed by atoms with Crippen LogP contribution in [0.5, 0.6) is 5.75 Å². The van der Waals surface area contributed by atoms with Gasteiger partial charge in [0.1, 0.15) is 5.56 Å². The van der Waals surface area contributed by atoms with Crippen LogP contribution in [0.3, 0.4) is 0 Å². The van der Waals surface area contributed by atoms with E-state index in [1.54, 1.807) is 13.0 Å². The van der Waals surface area contributed by atoms with E-state index in [4.69, 9.17) is 4.42 Å². The van der Waals surface area contributed by atoms with Gasteiger partial charge in [0.2, 0.25) is 11.2 Å². The largest absolute Gasteiger partial charge is 0.502 e. The van der Waals surface area contributed by atoms with Crippen LogP contribution in [0.15, 0.2) is 15.3 Å². The third kappa shape index (κ3) is 1.31.